The first-order chi connectivity index (χ1) is 7.33. The fraction of sp³-hybridized carbons (Fsp3) is 0.286. The first-order valence-corrected chi connectivity index (χ1v) is 5.52. The first kappa shape index (κ1) is 10.0. The number of nitrogens with zero attached hydrogens (tertiary/aromatic N) is 1. The second kappa shape index (κ2) is 4.35. The highest BCUT2D eigenvalue weighted by atomic mass is 15.1. The Balaban J connectivity index is 2.50. The number of hydrogen-bond donors (Lipinski definition) is 0. The van der Waals surface area contributed by atoms with Crippen LogP contribution in [-0.4, -0.2) is 13.6 Å². The van der Waals surface area contributed by atoms with Gasteiger partial charge < -0.3 is 4.90 Å². The molecule has 0 saturated carbocycles. The van der Waals surface area contributed by atoms with E-state index < -0.39 is 0 Å². The molecule has 0 unspecified atom stereocenters. The minimum Gasteiger partial charge on any atom is -0.374 e. The maximum Gasteiger partial charge on any atom is 0.0443 e. The highest BCUT2D eigenvalue weighted by Gasteiger charge is 2.03. The predicted molar refractivity (Wildman–Crippen MR) is 67.5 cm³/mol. The molecule has 1 nitrogen and oxygen atoms in total. The standard InChI is InChI=1S/C14H17N/c1-3-11-15(2)14-10-6-8-12-7-4-5-9-13(12)14/h4-10H,3,11H2,1-2H3. The number of rotatable bonds is 3. The molecule has 0 aliphatic heterocycles. The Bertz CT molecular complexity index is 443. The molecule has 0 N–H and O–H groups in total. The second-order valence-electron chi connectivity index (χ2n) is 3.92. The molecular weight excluding hydrogens is 182 g/mol. The molecule has 2 rings (SSSR count). The zero-order valence-corrected chi connectivity index (χ0v) is 9.40. The molecule has 0 aromatic heterocycles. The molecule has 15 heavy (non-hydrogen) atoms. The van der Waals surface area contributed by atoms with Gasteiger partial charge in [-0.05, 0) is 17.9 Å². The molecule has 0 amide bonds. The molecule has 0 bridgehead atoms. The van der Waals surface area contributed by atoms with Crippen molar-refractivity contribution in [3.8, 4) is 0 Å². The van der Waals surface area contributed by atoms with Crippen LogP contribution in [0.2, 0.25) is 0 Å². The summed E-state index contributed by atoms with van der Waals surface area (Å²) in [7, 11) is 2.16. The van der Waals surface area contributed by atoms with Crippen LogP contribution in [0.1, 0.15) is 13.3 Å². The van der Waals surface area contributed by atoms with Crippen molar-refractivity contribution in [1.82, 2.24) is 0 Å². The molecule has 78 valence electrons. The topological polar surface area (TPSA) is 3.24 Å². The Morgan fingerprint density at radius 1 is 1.00 bits per heavy atom. The molecule has 0 fully saturated rings. The highest BCUT2D eigenvalue weighted by Crippen LogP contribution is 2.25. The first-order valence-electron chi connectivity index (χ1n) is 5.52. The van der Waals surface area contributed by atoms with Gasteiger partial charge in [0.2, 0.25) is 0 Å². The summed E-state index contributed by atoms with van der Waals surface area (Å²) < 4.78 is 0. The van der Waals surface area contributed by atoms with Gasteiger partial charge in [-0.25, -0.2) is 0 Å². The minimum absolute atomic E-state index is 1.11. The Morgan fingerprint density at radius 3 is 2.53 bits per heavy atom. The van der Waals surface area contributed by atoms with Crippen molar-refractivity contribution in [2.75, 3.05) is 18.5 Å². The maximum absolute atomic E-state index is 2.32. The minimum atomic E-state index is 1.11. The third-order valence-corrected chi connectivity index (χ3v) is 2.74. The van der Waals surface area contributed by atoms with Gasteiger partial charge in [-0.3, -0.25) is 0 Å². The van der Waals surface area contributed by atoms with Gasteiger partial charge >= 0.3 is 0 Å². The van der Waals surface area contributed by atoms with Crippen LogP contribution < -0.4 is 4.90 Å². The van der Waals surface area contributed by atoms with Gasteiger partial charge in [-0.1, -0.05) is 43.3 Å². The molecule has 0 aliphatic carbocycles. The van der Waals surface area contributed by atoms with Crippen LogP contribution in [0, 0.1) is 0 Å². The summed E-state index contributed by atoms with van der Waals surface area (Å²) in [6.45, 7) is 3.32. The fourth-order valence-electron chi connectivity index (χ4n) is 2.00. The maximum atomic E-state index is 2.32. The molecule has 0 saturated heterocycles. The van der Waals surface area contributed by atoms with E-state index in [0.29, 0.717) is 0 Å². The Kier molecular flexibility index (Phi) is 2.91. The quantitative estimate of drug-likeness (QED) is 0.728. The van der Waals surface area contributed by atoms with Gasteiger partial charge in [-0.2, -0.15) is 0 Å². The van der Waals surface area contributed by atoms with Gasteiger partial charge in [0.05, 0.1) is 0 Å². The second-order valence-corrected chi connectivity index (χ2v) is 3.92. The molecule has 2 aromatic rings. The molecule has 0 heterocycles. The largest absolute Gasteiger partial charge is 0.374 e. The molecule has 0 aliphatic rings. The number of fused-ring (bicyclic) bond motifs is 1. The lowest BCUT2D eigenvalue weighted by Crippen LogP contribution is -2.17. The van der Waals surface area contributed by atoms with E-state index in [1.54, 1.807) is 0 Å². The van der Waals surface area contributed by atoms with E-state index in [1.807, 2.05) is 0 Å². The van der Waals surface area contributed by atoms with E-state index in [9.17, 15) is 0 Å². The predicted octanol–water partition coefficient (Wildman–Crippen LogP) is 3.69. The zero-order valence-electron chi connectivity index (χ0n) is 9.40. The van der Waals surface area contributed by atoms with E-state index in [-0.39, 0.29) is 0 Å². The molecule has 1 heteroatoms. The van der Waals surface area contributed by atoms with Crippen LogP contribution in [0.15, 0.2) is 42.5 Å². The van der Waals surface area contributed by atoms with E-state index in [1.165, 1.54) is 22.9 Å². The summed E-state index contributed by atoms with van der Waals surface area (Å²) >= 11 is 0. The average molecular weight is 199 g/mol. The van der Waals surface area contributed by atoms with Crippen molar-refractivity contribution in [2.45, 2.75) is 13.3 Å². The van der Waals surface area contributed by atoms with Crippen LogP contribution in [-0.2, 0) is 0 Å². The lowest BCUT2D eigenvalue weighted by molar-refractivity contribution is 0.855. The van der Waals surface area contributed by atoms with Crippen molar-refractivity contribution in [2.24, 2.45) is 0 Å². The van der Waals surface area contributed by atoms with Crippen LogP contribution in [0.5, 0.6) is 0 Å². The van der Waals surface area contributed by atoms with E-state index in [4.69, 9.17) is 0 Å². The van der Waals surface area contributed by atoms with Crippen molar-refractivity contribution >= 4 is 16.5 Å². The van der Waals surface area contributed by atoms with E-state index >= 15 is 0 Å². The summed E-state index contributed by atoms with van der Waals surface area (Å²) in [4.78, 5) is 2.32. The third kappa shape index (κ3) is 1.96. The molecular formula is C14H17N. The number of hydrogen-bond acceptors (Lipinski definition) is 1. The summed E-state index contributed by atoms with van der Waals surface area (Å²) in [5.74, 6) is 0. The van der Waals surface area contributed by atoms with Crippen molar-refractivity contribution in [1.29, 1.82) is 0 Å². The molecule has 2 aromatic carbocycles. The Hall–Kier alpha value is -1.50. The zero-order chi connectivity index (χ0) is 10.7. The molecule has 0 spiro atoms. The van der Waals surface area contributed by atoms with Crippen molar-refractivity contribution in [3.05, 3.63) is 42.5 Å². The SMILES string of the molecule is CCCN(C)c1cccc2ccccc12. The summed E-state index contributed by atoms with van der Waals surface area (Å²) in [6.07, 6.45) is 1.18. The van der Waals surface area contributed by atoms with Crippen LogP contribution >= 0.6 is 0 Å². The van der Waals surface area contributed by atoms with Gasteiger partial charge in [0.1, 0.15) is 0 Å². The summed E-state index contributed by atoms with van der Waals surface area (Å²) in [6, 6.07) is 15.0. The van der Waals surface area contributed by atoms with E-state index in [0.717, 1.165) is 6.54 Å². The van der Waals surface area contributed by atoms with Crippen molar-refractivity contribution < 1.29 is 0 Å². The van der Waals surface area contributed by atoms with Gasteiger partial charge in [-0.15, -0.1) is 0 Å². The average Bonchev–Trinajstić information content (AvgIpc) is 2.28. The lowest BCUT2D eigenvalue weighted by Gasteiger charge is -2.20. The van der Waals surface area contributed by atoms with Crippen LogP contribution in [0.25, 0.3) is 10.8 Å². The fourth-order valence-corrected chi connectivity index (χ4v) is 2.00. The molecule has 0 atom stereocenters. The molecule has 0 radical (unpaired) electrons. The van der Waals surface area contributed by atoms with Gasteiger partial charge in [0.15, 0.2) is 0 Å². The van der Waals surface area contributed by atoms with Gasteiger partial charge in [0.25, 0.3) is 0 Å². The summed E-state index contributed by atoms with van der Waals surface area (Å²) in [5, 5.41) is 2.66. The Morgan fingerprint density at radius 2 is 1.73 bits per heavy atom. The van der Waals surface area contributed by atoms with Crippen LogP contribution in [0.4, 0.5) is 5.69 Å². The lowest BCUT2D eigenvalue weighted by atomic mass is 10.1. The van der Waals surface area contributed by atoms with Crippen molar-refractivity contribution in [3.63, 3.8) is 0 Å². The summed E-state index contributed by atoms with van der Waals surface area (Å²) in [5.41, 5.74) is 1.33. The highest BCUT2D eigenvalue weighted by molar-refractivity contribution is 5.94. The number of anilines is 1. The Labute approximate surface area is 91.3 Å². The normalized spacial score (nSPS) is 10.5. The van der Waals surface area contributed by atoms with Gasteiger partial charge in [0, 0.05) is 24.7 Å². The third-order valence-electron chi connectivity index (χ3n) is 2.74. The van der Waals surface area contributed by atoms with Crippen LogP contribution in [0.3, 0.4) is 0 Å². The van der Waals surface area contributed by atoms with E-state index in [2.05, 4.69) is 61.3 Å². The smallest absolute Gasteiger partial charge is 0.0443 e. The number of benzene rings is 2. The monoisotopic (exact) mass is 199 g/mol.